The maximum absolute atomic E-state index is 5.39. The molecule has 3 rings (SSSR count). The van der Waals surface area contributed by atoms with Gasteiger partial charge in [0.15, 0.2) is 4.77 Å². The molecule has 3 aromatic rings. The lowest BCUT2D eigenvalue weighted by molar-refractivity contribution is 0.415. The summed E-state index contributed by atoms with van der Waals surface area (Å²) in [5.74, 6) is 1.56. The van der Waals surface area contributed by atoms with Crippen LogP contribution in [0.1, 0.15) is 11.5 Å². The Labute approximate surface area is 121 Å². The van der Waals surface area contributed by atoms with Crippen LogP contribution in [-0.4, -0.2) is 26.6 Å². The van der Waals surface area contributed by atoms with Crippen LogP contribution in [0, 0.1) is 11.7 Å². The van der Waals surface area contributed by atoms with Crippen molar-refractivity contribution in [2.45, 2.75) is 13.5 Å². The fourth-order valence-corrected chi connectivity index (χ4v) is 2.45. The van der Waals surface area contributed by atoms with Gasteiger partial charge in [0.25, 0.3) is 0 Å². The van der Waals surface area contributed by atoms with E-state index in [1.807, 2.05) is 35.8 Å². The molecule has 0 saturated carbocycles. The Balaban J connectivity index is 2.07. The summed E-state index contributed by atoms with van der Waals surface area (Å²) in [4.78, 5) is 11.7. The van der Waals surface area contributed by atoms with Crippen molar-refractivity contribution < 1.29 is 4.74 Å². The van der Waals surface area contributed by atoms with E-state index in [1.165, 1.54) is 0 Å². The molecule has 0 unspecified atom stereocenters. The Morgan fingerprint density at radius 1 is 1.35 bits per heavy atom. The van der Waals surface area contributed by atoms with Gasteiger partial charge >= 0.3 is 0 Å². The minimum atomic E-state index is 0.620. The number of nitrogens with zero attached hydrogens (tertiary/aromatic N) is 3. The minimum absolute atomic E-state index is 0.620. The lowest BCUT2D eigenvalue weighted by atomic mass is 10.3. The maximum atomic E-state index is 5.39. The van der Waals surface area contributed by atoms with Gasteiger partial charge < -0.3 is 14.3 Å². The smallest absolute Gasteiger partial charge is 0.178 e. The first-order valence-electron chi connectivity index (χ1n) is 6.22. The largest absolute Gasteiger partial charge is 0.497 e. The fourth-order valence-electron chi connectivity index (χ4n) is 2.18. The van der Waals surface area contributed by atoms with E-state index in [-0.39, 0.29) is 0 Å². The number of rotatable bonds is 3. The van der Waals surface area contributed by atoms with E-state index in [2.05, 4.69) is 15.0 Å². The predicted molar refractivity (Wildman–Crippen MR) is 79.5 cm³/mol. The second kappa shape index (κ2) is 5.05. The molecule has 102 valence electrons. The second-order valence-electron chi connectivity index (χ2n) is 4.49. The molecule has 0 saturated heterocycles. The zero-order valence-electron chi connectivity index (χ0n) is 11.3. The van der Waals surface area contributed by atoms with Gasteiger partial charge in [0.05, 0.1) is 30.4 Å². The van der Waals surface area contributed by atoms with Crippen LogP contribution in [0.25, 0.3) is 11.0 Å². The Bertz CT molecular complexity index is 821. The van der Waals surface area contributed by atoms with Crippen LogP contribution in [0.3, 0.4) is 0 Å². The molecule has 0 atom stereocenters. The zero-order chi connectivity index (χ0) is 14.1. The molecule has 0 amide bonds. The molecule has 0 aliphatic heterocycles. The van der Waals surface area contributed by atoms with Gasteiger partial charge in [0.1, 0.15) is 11.6 Å². The first kappa shape index (κ1) is 12.8. The zero-order valence-corrected chi connectivity index (χ0v) is 12.1. The molecule has 1 N–H and O–H groups in total. The highest BCUT2D eigenvalue weighted by Crippen LogP contribution is 2.21. The SMILES string of the molecule is COc1ccc2c(c1)[nH]c(=S)n2Cc1ccnc(C)n1. The van der Waals surface area contributed by atoms with Gasteiger partial charge in [-0.25, -0.2) is 9.97 Å². The molecule has 1 aromatic carbocycles. The maximum Gasteiger partial charge on any atom is 0.178 e. The quantitative estimate of drug-likeness (QED) is 0.752. The third-order valence-corrected chi connectivity index (χ3v) is 3.46. The molecule has 0 radical (unpaired) electrons. The van der Waals surface area contributed by atoms with Gasteiger partial charge in [0.2, 0.25) is 0 Å². The average molecular weight is 286 g/mol. The summed E-state index contributed by atoms with van der Waals surface area (Å²) in [7, 11) is 1.65. The van der Waals surface area contributed by atoms with E-state index in [0.29, 0.717) is 11.3 Å². The van der Waals surface area contributed by atoms with Crippen molar-refractivity contribution in [1.29, 1.82) is 0 Å². The molecule has 0 aliphatic rings. The monoisotopic (exact) mass is 286 g/mol. The number of nitrogens with one attached hydrogen (secondary N) is 1. The van der Waals surface area contributed by atoms with Crippen LogP contribution in [0.5, 0.6) is 5.75 Å². The van der Waals surface area contributed by atoms with Crippen molar-refractivity contribution in [3.8, 4) is 5.75 Å². The van der Waals surface area contributed by atoms with Gasteiger partial charge in [-0.3, -0.25) is 0 Å². The summed E-state index contributed by atoms with van der Waals surface area (Å²) in [5.41, 5.74) is 2.93. The van der Waals surface area contributed by atoms with Gasteiger partial charge in [-0.15, -0.1) is 0 Å². The highest BCUT2D eigenvalue weighted by Gasteiger charge is 2.07. The number of hydrogen-bond donors (Lipinski definition) is 1. The molecule has 6 heteroatoms. The molecule has 20 heavy (non-hydrogen) atoms. The first-order chi connectivity index (χ1) is 9.67. The first-order valence-corrected chi connectivity index (χ1v) is 6.63. The summed E-state index contributed by atoms with van der Waals surface area (Å²) in [6.45, 7) is 2.50. The van der Waals surface area contributed by atoms with E-state index in [4.69, 9.17) is 17.0 Å². The van der Waals surface area contributed by atoms with Crippen molar-refractivity contribution in [2.75, 3.05) is 7.11 Å². The summed E-state index contributed by atoms with van der Waals surface area (Å²) < 4.78 is 7.91. The number of H-pyrrole nitrogens is 1. The lowest BCUT2D eigenvalue weighted by Gasteiger charge is -2.05. The van der Waals surface area contributed by atoms with Crippen molar-refractivity contribution in [3.63, 3.8) is 0 Å². The number of aromatic amines is 1. The van der Waals surface area contributed by atoms with Crippen LogP contribution in [0.15, 0.2) is 30.5 Å². The Morgan fingerprint density at radius 2 is 2.20 bits per heavy atom. The molecule has 0 spiro atoms. The van der Waals surface area contributed by atoms with Crippen LogP contribution >= 0.6 is 12.2 Å². The van der Waals surface area contributed by atoms with Crippen molar-refractivity contribution in [2.24, 2.45) is 0 Å². The van der Waals surface area contributed by atoms with Crippen molar-refractivity contribution in [1.82, 2.24) is 19.5 Å². The number of aromatic nitrogens is 4. The van der Waals surface area contributed by atoms with E-state index in [1.54, 1.807) is 13.3 Å². The van der Waals surface area contributed by atoms with Crippen LogP contribution in [-0.2, 0) is 6.54 Å². The topological polar surface area (TPSA) is 55.7 Å². The van der Waals surface area contributed by atoms with Gasteiger partial charge in [0, 0.05) is 12.3 Å². The second-order valence-corrected chi connectivity index (χ2v) is 4.88. The third kappa shape index (κ3) is 2.30. The highest BCUT2D eigenvalue weighted by molar-refractivity contribution is 7.71. The molecule has 5 nitrogen and oxygen atoms in total. The molecular formula is C14H14N4OS. The lowest BCUT2D eigenvalue weighted by Crippen LogP contribution is -2.03. The molecule has 0 aliphatic carbocycles. The number of hydrogen-bond acceptors (Lipinski definition) is 4. The van der Waals surface area contributed by atoms with Gasteiger partial charge in [-0.2, -0.15) is 0 Å². The number of ether oxygens (including phenoxy) is 1. The number of fused-ring (bicyclic) bond motifs is 1. The highest BCUT2D eigenvalue weighted by atomic mass is 32.1. The Kier molecular flexibility index (Phi) is 3.23. The van der Waals surface area contributed by atoms with E-state index in [9.17, 15) is 0 Å². The predicted octanol–water partition coefficient (Wildman–Crippen LogP) is 2.85. The van der Waals surface area contributed by atoms with Crippen LogP contribution in [0.2, 0.25) is 0 Å². The molecule has 2 aromatic heterocycles. The van der Waals surface area contributed by atoms with Crippen molar-refractivity contribution in [3.05, 3.63) is 46.8 Å². The normalized spacial score (nSPS) is 10.9. The number of benzene rings is 1. The Morgan fingerprint density at radius 3 is 2.95 bits per heavy atom. The molecule has 2 heterocycles. The molecule has 0 fully saturated rings. The van der Waals surface area contributed by atoms with E-state index >= 15 is 0 Å². The van der Waals surface area contributed by atoms with E-state index < -0.39 is 0 Å². The van der Waals surface area contributed by atoms with E-state index in [0.717, 1.165) is 28.3 Å². The minimum Gasteiger partial charge on any atom is -0.497 e. The number of aryl methyl sites for hydroxylation is 1. The molecular weight excluding hydrogens is 272 g/mol. The fraction of sp³-hybridized carbons (Fsp3) is 0.214. The molecule has 0 bridgehead atoms. The van der Waals surface area contributed by atoms with Gasteiger partial charge in [-0.1, -0.05) is 0 Å². The summed E-state index contributed by atoms with van der Waals surface area (Å²) in [5, 5.41) is 0. The van der Waals surface area contributed by atoms with Crippen LogP contribution < -0.4 is 4.74 Å². The standard InChI is InChI=1S/C14H14N4OS/c1-9-15-6-5-10(16-9)8-18-13-4-3-11(19-2)7-12(13)17-14(18)20/h3-7H,8H2,1-2H3,(H,17,20). The van der Waals surface area contributed by atoms with Gasteiger partial charge in [-0.05, 0) is 37.3 Å². The summed E-state index contributed by atoms with van der Waals surface area (Å²) in [6.07, 6.45) is 1.76. The Hall–Kier alpha value is -2.21. The number of methoxy groups -OCH3 is 1. The van der Waals surface area contributed by atoms with Crippen molar-refractivity contribution >= 4 is 23.3 Å². The van der Waals surface area contributed by atoms with Crippen LogP contribution in [0.4, 0.5) is 0 Å². The summed E-state index contributed by atoms with van der Waals surface area (Å²) >= 11 is 5.39. The number of imidazole rings is 1. The third-order valence-electron chi connectivity index (χ3n) is 3.14. The summed E-state index contributed by atoms with van der Waals surface area (Å²) in [6, 6.07) is 7.76. The average Bonchev–Trinajstić information content (AvgIpc) is 2.74.